The molecule has 118 valence electrons. The molecule has 1 aliphatic rings. The van der Waals surface area contributed by atoms with Crippen molar-refractivity contribution in [3.8, 4) is 5.75 Å². The second-order valence-electron chi connectivity index (χ2n) is 5.31. The normalized spacial score (nSPS) is 15.2. The Morgan fingerprint density at radius 1 is 1.14 bits per heavy atom. The monoisotopic (exact) mass is 311 g/mol. The zero-order valence-electron chi connectivity index (χ0n) is 11.9. The number of benzene rings is 1. The molecule has 0 saturated heterocycles. The van der Waals surface area contributed by atoms with E-state index in [9.17, 15) is 13.2 Å². The van der Waals surface area contributed by atoms with Crippen molar-refractivity contribution < 1.29 is 17.9 Å². The third-order valence-corrected chi connectivity index (χ3v) is 3.72. The lowest BCUT2D eigenvalue weighted by Gasteiger charge is -2.11. The van der Waals surface area contributed by atoms with Gasteiger partial charge in [-0.3, -0.25) is 0 Å². The third kappa shape index (κ3) is 3.23. The molecule has 2 heterocycles. The van der Waals surface area contributed by atoms with Gasteiger partial charge in [0.15, 0.2) is 5.82 Å². The molecule has 1 aliphatic heterocycles. The minimum atomic E-state index is -4.37. The van der Waals surface area contributed by atoms with Crippen molar-refractivity contribution >= 4 is 0 Å². The van der Waals surface area contributed by atoms with Crippen LogP contribution in [0.4, 0.5) is 13.2 Å². The van der Waals surface area contributed by atoms with Crippen LogP contribution < -0.4 is 4.74 Å². The van der Waals surface area contributed by atoms with E-state index in [1.54, 1.807) is 0 Å². The number of ether oxygens (including phenoxy) is 1. The molecule has 1 aromatic heterocycles. The highest BCUT2D eigenvalue weighted by molar-refractivity contribution is 5.30. The van der Waals surface area contributed by atoms with Crippen LogP contribution >= 0.6 is 0 Å². The van der Waals surface area contributed by atoms with Crippen LogP contribution in [0.3, 0.4) is 0 Å². The molecular weight excluding hydrogens is 295 g/mol. The molecule has 0 unspecified atom stereocenters. The lowest BCUT2D eigenvalue weighted by Crippen LogP contribution is -2.09. The number of halogens is 3. The second-order valence-corrected chi connectivity index (χ2v) is 5.31. The van der Waals surface area contributed by atoms with Crippen molar-refractivity contribution in [2.24, 2.45) is 0 Å². The molecule has 3 rings (SSSR count). The van der Waals surface area contributed by atoms with Gasteiger partial charge in [0.25, 0.3) is 0 Å². The van der Waals surface area contributed by atoms with Gasteiger partial charge in [-0.05, 0) is 31.0 Å². The lowest BCUT2D eigenvalue weighted by atomic mass is 10.2. The van der Waals surface area contributed by atoms with Crippen molar-refractivity contribution in [1.29, 1.82) is 0 Å². The van der Waals surface area contributed by atoms with Crippen LogP contribution in [0.1, 0.15) is 36.5 Å². The maximum atomic E-state index is 12.7. The largest absolute Gasteiger partial charge is 0.486 e. The summed E-state index contributed by atoms with van der Waals surface area (Å²) in [7, 11) is 0. The van der Waals surface area contributed by atoms with Crippen molar-refractivity contribution in [2.75, 3.05) is 0 Å². The van der Waals surface area contributed by atoms with E-state index in [0.29, 0.717) is 5.82 Å². The number of aromatic nitrogens is 3. The number of alkyl halides is 3. The number of hydrogen-bond acceptors (Lipinski definition) is 3. The zero-order valence-corrected chi connectivity index (χ0v) is 11.9. The average molecular weight is 311 g/mol. The summed E-state index contributed by atoms with van der Waals surface area (Å²) < 4.78 is 45.5. The van der Waals surface area contributed by atoms with Crippen molar-refractivity contribution in [3.63, 3.8) is 0 Å². The van der Waals surface area contributed by atoms with Crippen LogP contribution in [0, 0.1) is 0 Å². The van der Waals surface area contributed by atoms with Gasteiger partial charge in [0.2, 0.25) is 0 Å². The van der Waals surface area contributed by atoms with E-state index in [1.807, 2.05) is 4.57 Å². The first-order valence-electron chi connectivity index (χ1n) is 7.25. The Hall–Kier alpha value is -2.05. The molecule has 0 N–H and O–H groups in total. The summed E-state index contributed by atoms with van der Waals surface area (Å²) in [5.74, 6) is 1.77. The van der Waals surface area contributed by atoms with Crippen LogP contribution in [0.5, 0.6) is 5.75 Å². The zero-order chi connectivity index (χ0) is 15.6. The van der Waals surface area contributed by atoms with Gasteiger partial charge in [0, 0.05) is 13.0 Å². The molecule has 1 aromatic carbocycles. The Labute approximate surface area is 125 Å². The molecule has 0 aliphatic carbocycles. The molecule has 0 atom stereocenters. The quantitative estimate of drug-likeness (QED) is 0.869. The minimum Gasteiger partial charge on any atom is -0.486 e. The molecule has 0 spiro atoms. The predicted molar refractivity (Wildman–Crippen MR) is 73.4 cm³/mol. The van der Waals surface area contributed by atoms with E-state index in [0.717, 1.165) is 50.2 Å². The van der Waals surface area contributed by atoms with E-state index in [-0.39, 0.29) is 12.4 Å². The van der Waals surface area contributed by atoms with E-state index in [4.69, 9.17) is 4.74 Å². The molecule has 7 heteroatoms. The highest BCUT2D eigenvalue weighted by Crippen LogP contribution is 2.31. The predicted octanol–water partition coefficient (Wildman–Crippen LogP) is 3.60. The van der Waals surface area contributed by atoms with Crippen molar-refractivity contribution in [2.45, 2.75) is 45.0 Å². The Morgan fingerprint density at radius 3 is 2.82 bits per heavy atom. The molecule has 22 heavy (non-hydrogen) atoms. The molecular formula is C15H16F3N3O. The van der Waals surface area contributed by atoms with Crippen LogP contribution in [-0.4, -0.2) is 14.8 Å². The first-order valence-corrected chi connectivity index (χ1v) is 7.25. The Morgan fingerprint density at radius 2 is 2.00 bits per heavy atom. The van der Waals surface area contributed by atoms with Crippen molar-refractivity contribution in [1.82, 2.24) is 14.8 Å². The van der Waals surface area contributed by atoms with Gasteiger partial charge in [-0.1, -0.05) is 12.5 Å². The van der Waals surface area contributed by atoms with Gasteiger partial charge < -0.3 is 9.30 Å². The van der Waals surface area contributed by atoms with E-state index >= 15 is 0 Å². The highest BCUT2D eigenvalue weighted by atomic mass is 19.4. The fourth-order valence-electron chi connectivity index (χ4n) is 2.56. The van der Waals surface area contributed by atoms with E-state index in [1.165, 1.54) is 12.1 Å². The first kappa shape index (κ1) is 14.9. The maximum absolute atomic E-state index is 12.7. The van der Waals surface area contributed by atoms with Crippen LogP contribution in [0.25, 0.3) is 0 Å². The second kappa shape index (κ2) is 5.98. The summed E-state index contributed by atoms with van der Waals surface area (Å²) in [6, 6.07) is 4.87. The maximum Gasteiger partial charge on any atom is 0.416 e. The average Bonchev–Trinajstić information content (AvgIpc) is 2.72. The summed E-state index contributed by atoms with van der Waals surface area (Å²) in [5, 5.41) is 8.23. The van der Waals surface area contributed by atoms with Crippen LogP contribution in [0.15, 0.2) is 24.3 Å². The topological polar surface area (TPSA) is 39.9 Å². The highest BCUT2D eigenvalue weighted by Gasteiger charge is 2.30. The van der Waals surface area contributed by atoms with Gasteiger partial charge in [-0.2, -0.15) is 13.2 Å². The number of fused-ring (bicyclic) bond motifs is 1. The standard InChI is InChI=1S/C15H16F3N3O/c16-15(17,18)11-5-4-6-12(9-11)22-10-14-20-19-13-7-2-1-3-8-21(13)14/h4-6,9H,1-3,7-8,10H2. The van der Waals surface area contributed by atoms with E-state index in [2.05, 4.69) is 10.2 Å². The molecule has 0 bridgehead atoms. The number of rotatable bonds is 3. The first-order chi connectivity index (χ1) is 10.5. The summed E-state index contributed by atoms with van der Waals surface area (Å²) in [6.07, 6.45) is -0.187. The summed E-state index contributed by atoms with van der Waals surface area (Å²) in [5.41, 5.74) is -0.718. The Bertz CT molecular complexity index is 652. The van der Waals surface area contributed by atoms with Gasteiger partial charge in [-0.15, -0.1) is 10.2 Å². The smallest absolute Gasteiger partial charge is 0.416 e. The van der Waals surface area contributed by atoms with Gasteiger partial charge >= 0.3 is 6.18 Å². The number of aryl methyl sites for hydroxylation is 1. The SMILES string of the molecule is FC(F)(F)c1cccc(OCc2nnc3n2CCCCC3)c1. The van der Waals surface area contributed by atoms with E-state index < -0.39 is 11.7 Å². The Balaban J connectivity index is 1.72. The van der Waals surface area contributed by atoms with Crippen molar-refractivity contribution in [3.05, 3.63) is 41.5 Å². The molecule has 0 saturated carbocycles. The van der Waals surface area contributed by atoms with Crippen LogP contribution in [0.2, 0.25) is 0 Å². The summed E-state index contributed by atoms with van der Waals surface area (Å²) in [4.78, 5) is 0. The number of nitrogens with zero attached hydrogens (tertiary/aromatic N) is 3. The lowest BCUT2D eigenvalue weighted by molar-refractivity contribution is -0.137. The third-order valence-electron chi connectivity index (χ3n) is 3.72. The van der Waals surface area contributed by atoms with Gasteiger partial charge in [0.05, 0.1) is 5.56 Å². The Kier molecular flexibility index (Phi) is 4.04. The molecule has 0 fully saturated rings. The van der Waals surface area contributed by atoms with Gasteiger partial charge in [-0.25, -0.2) is 0 Å². The fraction of sp³-hybridized carbons (Fsp3) is 0.467. The summed E-state index contributed by atoms with van der Waals surface area (Å²) >= 11 is 0. The van der Waals surface area contributed by atoms with Crippen LogP contribution in [-0.2, 0) is 25.7 Å². The fourth-order valence-corrected chi connectivity index (χ4v) is 2.56. The molecule has 4 nitrogen and oxygen atoms in total. The molecule has 0 amide bonds. The minimum absolute atomic E-state index is 0.119. The molecule has 0 radical (unpaired) electrons. The summed E-state index contributed by atoms with van der Waals surface area (Å²) in [6.45, 7) is 0.956. The van der Waals surface area contributed by atoms with Gasteiger partial charge in [0.1, 0.15) is 18.2 Å². The number of hydrogen-bond donors (Lipinski definition) is 0. The molecule has 2 aromatic rings.